The number of phenols is 1. The third-order valence-electron chi connectivity index (χ3n) is 3.07. The number of nitrogens with zero attached hydrogens (tertiary/aromatic N) is 2. The fraction of sp³-hybridized carbons (Fsp3) is 0.143. The smallest absolute Gasteiger partial charge is 0.124 e. The van der Waals surface area contributed by atoms with Crippen LogP contribution in [0, 0.1) is 0 Å². The van der Waals surface area contributed by atoms with Crippen molar-refractivity contribution in [2.45, 2.75) is 12.5 Å². The predicted octanol–water partition coefficient (Wildman–Crippen LogP) is 2.99. The maximum atomic E-state index is 9.91. The molecule has 3 rings (SSSR count). The highest BCUT2D eigenvalue weighted by Gasteiger charge is 2.23. The molecule has 0 amide bonds. The van der Waals surface area contributed by atoms with E-state index in [2.05, 4.69) is 31.4 Å². The highest BCUT2D eigenvalue weighted by Crippen LogP contribution is 2.29. The number of hydrazone groups is 1. The van der Waals surface area contributed by atoms with Crippen LogP contribution < -0.4 is 5.43 Å². The molecule has 1 aliphatic heterocycles. The monoisotopic (exact) mass is 317 g/mol. The van der Waals surface area contributed by atoms with Gasteiger partial charge in [0.2, 0.25) is 0 Å². The SMILES string of the molecule is Oc1ccc(Br)cc1C1=NN[C@H](c2ccccn2)C1. The molecule has 2 heterocycles. The molecule has 1 atom stereocenters. The van der Waals surface area contributed by atoms with Crippen molar-refractivity contribution in [1.82, 2.24) is 10.4 Å². The van der Waals surface area contributed by atoms with E-state index in [0.29, 0.717) is 6.42 Å². The third-order valence-corrected chi connectivity index (χ3v) is 3.56. The minimum atomic E-state index is 0.0644. The number of hydrogen-bond acceptors (Lipinski definition) is 4. The van der Waals surface area contributed by atoms with Gasteiger partial charge < -0.3 is 10.5 Å². The van der Waals surface area contributed by atoms with Crippen molar-refractivity contribution in [2.75, 3.05) is 0 Å². The molecule has 4 nitrogen and oxygen atoms in total. The molecule has 0 saturated heterocycles. The van der Waals surface area contributed by atoms with Crippen LogP contribution in [0.25, 0.3) is 0 Å². The Hall–Kier alpha value is -1.88. The lowest BCUT2D eigenvalue weighted by Gasteiger charge is -2.08. The Morgan fingerprint density at radius 1 is 1.26 bits per heavy atom. The Kier molecular flexibility index (Phi) is 3.21. The van der Waals surface area contributed by atoms with Crippen molar-refractivity contribution in [3.63, 3.8) is 0 Å². The zero-order valence-electron chi connectivity index (χ0n) is 10.0. The molecule has 0 aliphatic carbocycles. The first kappa shape index (κ1) is 12.2. The van der Waals surface area contributed by atoms with Gasteiger partial charge in [-0.25, -0.2) is 0 Å². The van der Waals surface area contributed by atoms with Crippen molar-refractivity contribution in [1.29, 1.82) is 0 Å². The van der Waals surface area contributed by atoms with Crippen molar-refractivity contribution >= 4 is 21.6 Å². The van der Waals surface area contributed by atoms with Crippen LogP contribution in [0.2, 0.25) is 0 Å². The number of aromatic hydroxyl groups is 1. The van der Waals surface area contributed by atoms with E-state index in [4.69, 9.17) is 0 Å². The number of halogens is 1. The van der Waals surface area contributed by atoms with E-state index in [-0.39, 0.29) is 11.8 Å². The molecule has 1 aliphatic rings. The summed E-state index contributed by atoms with van der Waals surface area (Å²) in [7, 11) is 0. The Labute approximate surface area is 119 Å². The first-order valence-corrected chi connectivity index (χ1v) is 6.75. The molecule has 19 heavy (non-hydrogen) atoms. The predicted molar refractivity (Wildman–Crippen MR) is 77.1 cm³/mol. The minimum absolute atomic E-state index is 0.0644. The van der Waals surface area contributed by atoms with Gasteiger partial charge >= 0.3 is 0 Å². The fourth-order valence-corrected chi connectivity index (χ4v) is 2.46. The second-order valence-electron chi connectivity index (χ2n) is 4.36. The molecule has 0 bridgehead atoms. The second-order valence-corrected chi connectivity index (χ2v) is 5.28. The highest BCUT2D eigenvalue weighted by molar-refractivity contribution is 9.10. The summed E-state index contributed by atoms with van der Waals surface area (Å²) in [4.78, 5) is 4.32. The number of rotatable bonds is 2. The summed E-state index contributed by atoms with van der Waals surface area (Å²) in [5.74, 6) is 0.241. The van der Waals surface area contributed by atoms with Crippen LogP contribution in [0.15, 0.2) is 52.2 Å². The van der Waals surface area contributed by atoms with Gasteiger partial charge in [-0.15, -0.1) is 0 Å². The summed E-state index contributed by atoms with van der Waals surface area (Å²) in [6.07, 6.45) is 2.48. The van der Waals surface area contributed by atoms with E-state index in [1.54, 1.807) is 18.3 Å². The van der Waals surface area contributed by atoms with Crippen LogP contribution in [0.5, 0.6) is 5.75 Å². The summed E-state index contributed by atoms with van der Waals surface area (Å²) in [6.45, 7) is 0. The maximum Gasteiger partial charge on any atom is 0.124 e. The molecule has 1 aromatic carbocycles. The van der Waals surface area contributed by atoms with Crippen LogP contribution in [-0.4, -0.2) is 15.8 Å². The van der Waals surface area contributed by atoms with Gasteiger partial charge in [-0.3, -0.25) is 4.98 Å². The van der Waals surface area contributed by atoms with Crippen LogP contribution >= 0.6 is 15.9 Å². The number of benzene rings is 1. The van der Waals surface area contributed by atoms with E-state index in [1.165, 1.54) is 0 Å². The number of pyridine rings is 1. The van der Waals surface area contributed by atoms with Crippen LogP contribution in [0.4, 0.5) is 0 Å². The molecule has 0 fully saturated rings. The van der Waals surface area contributed by atoms with Gasteiger partial charge in [-0.1, -0.05) is 22.0 Å². The molecule has 5 heteroatoms. The maximum absolute atomic E-state index is 9.91. The van der Waals surface area contributed by atoms with Gasteiger partial charge in [-0.2, -0.15) is 5.10 Å². The first-order chi connectivity index (χ1) is 9.24. The summed E-state index contributed by atoms with van der Waals surface area (Å²) >= 11 is 3.40. The number of hydrogen-bond donors (Lipinski definition) is 2. The first-order valence-electron chi connectivity index (χ1n) is 5.96. The lowest BCUT2D eigenvalue weighted by molar-refractivity contribution is 0.474. The number of nitrogens with one attached hydrogen (secondary N) is 1. The molecular weight excluding hydrogens is 306 g/mol. The minimum Gasteiger partial charge on any atom is -0.507 e. The Bertz CT molecular complexity index is 628. The fourth-order valence-electron chi connectivity index (χ4n) is 2.10. The van der Waals surface area contributed by atoms with Crippen LogP contribution in [0.3, 0.4) is 0 Å². The molecule has 2 aromatic rings. The van der Waals surface area contributed by atoms with Crippen LogP contribution in [0.1, 0.15) is 23.7 Å². The summed E-state index contributed by atoms with van der Waals surface area (Å²) in [5.41, 5.74) is 5.61. The number of aromatic nitrogens is 1. The average molecular weight is 318 g/mol. The van der Waals surface area contributed by atoms with Gasteiger partial charge in [0, 0.05) is 22.7 Å². The van der Waals surface area contributed by atoms with E-state index in [1.807, 2.05) is 24.3 Å². The van der Waals surface area contributed by atoms with E-state index < -0.39 is 0 Å². The Balaban J connectivity index is 1.84. The molecular formula is C14H12BrN3O. The van der Waals surface area contributed by atoms with Gasteiger partial charge in [0.05, 0.1) is 17.4 Å². The lowest BCUT2D eigenvalue weighted by Crippen LogP contribution is -2.11. The van der Waals surface area contributed by atoms with Crippen LogP contribution in [-0.2, 0) is 0 Å². The number of phenolic OH excluding ortho intramolecular Hbond substituents is 1. The molecule has 0 unspecified atom stereocenters. The highest BCUT2D eigenvalue weighted by atomic mass is 79.9. The van der Waals surface area contributed by atoms with Gasteiger partial charge in [0.1, 0.15) is 5.75 Å². The van der Waals surface area contributed by atoms with E-state index >= 15 is 0 Å². The normalized spacial score (nSPS) is 17.9. The van der Waals surface area contributed by atoms with E-state index in [0.717, 1.165) is 21.4 Å². The zero-order chi connectivity index (χ0) is 13.2. The van der Waals surface area contributed by atoms with Crippen molar-refractivity contribution in [2.24, 2.45) is 5.10 Å². The largest absolute Gasteiger partial charge is 0.507 e. The molecule has 96 valence electrons. The van der Waals surface area contributed by atoms with Crippen molar-refractivity contribution in [3.05, 3.63) is 58.3 Å². The quantitative estimate of drug-likeness (QED) is 0.895. The molecule has 1 aromatic heterocycles. The molecule has 0 radical (unpaired) electrons. The zero-order valence-corrected chi connectivity index (χ0v) is 11.6. The second kappa shape index (κ2) is 5.01. The average Bonchev–Trinajstić information content (AvgIpc) is 2.92. The van der Waals surface area contributed by atoms with Crippen molar-refractivity contribution in [3.8, 4) is 5.75 Å². The molecule has 0 spiro atoms. The summed E-state index contributed by atoms with van der Waals surface area (Å²) < 4.78 is 0.921. The summed E-state index contributed by atoms with van der Waals surface area (Å²) in [5, 5.41) is 14.2. The standard InChI is InChI=1S/C14H12BrN3O/c15-9-4-5-14(19)10(7-9)12-8-13(18-17-12)11-3-1-2-6-16-11/h1-7,13,18-19H,8H2/t13-/m0/s1. The topological polar surface area (TPSA) is 57.5 Å². The van der Waals surface area contributed by atoms with Gasteiger partial charge in [0.15, 0.2) is 0 Å². The summed E-state index contributed by atoms with van der Waals surface area (Å²) in [6, 6.07) is 11.2. The van der Waals surface area contributed by atoms with Crippen molar-refractivity contribution < 1.29 is 5.11 Å². The molecule has 2 N–H and O–H groups in total. The van der Waals surface area contributed by atoms with Gasteiger partial charge in [0.25, 0.3) is 0 Å². The van der Waals surface area contributed by atoms with E-state index in [9.17, 15) is 5.11 Å². The lowest BCUT2D eigenvalue weighted by atomic mass is 10.0. The third kappa shape index (κ3) is 2.46. The Morgan fingerprint density at radius 2 is 2.16 bits per heavy atom. The Morgan fingerprint density at radius 3 is 2.95 bits per heavy atom. The molecule has 0 saturated carbocycles. The van der Waals surface area contributed by atoms with Gasteiger partial charge in [-0.05, 0) is 30.3 Å².